The lowest BCUT2D eigenvalue weighted by Crippen LogP contribution is -2.54. The topological polar surface area (TPSA) is 151 Å². The van der Waals surface area contributed by atoms with E-state index >= 15 is 0 Å². The second-order valence-corrected chi connectivity index (χ2v) is 7.71. The summed E-state index contributed by atoms with van der Waals surface area (Å²) in [7, 11) is 0. The highest BCUT2D eigenvalue weighted by Crippen LogP contribution is 2.06. The lowest BCUT2D eigenvalue weighted by molar-refractivity contribution is -0.141. The van der Waals surface area contributed by atoms with Crippen LogP contribution in [0.15, 0.2) is 30.3 Å². The minimum absolute atomic E-state index is 0.0878. The van der Waals surface area contributed by atoms with Crippen LogP contribution in [0.5, 0.6) is 0 Å². The summed E-state index contributed by atoms with van der Waals surface area (Å²) in [5.74, 6) is -2.80. The first-order valence-corrected chi connectivity index (χ1v) is 10.3. The standard InChI is InChI=1S/C20H30N4O5S/c1-12(2)8-14(21)18(26)24-15(9-13-6-4-3-5-7-13)19(27)22-10-17(25)23-16(11-30)20(28)29/h3-7,12,14-16,30H,8-11,21H2,1-2H3,(H,22,27)(H,23,25)(H,24,26)(H,28,29). The molecule has 6 N–H and O–H groups in total. The molecule has 10 heteroatoms. The van der Waals surface area contributed by atoms with Crippen molar-refractivity contribution in [3.8, 4) is 0 Å². The van der Waals surface area contributed by atoms with Gasteiger partial charge in [-0.25, -0.2) is 4.79 Å². The summed E-state index contributed by atoms with van der Waals surface area (Å²) in [5, 5.41) is 16.3. The monoisotopic (exact) mass is 438 g/mol. The molecule has 0 saturated carbocycles. The highest BCUT2D eigenvalue weighted by molar-refractivity contribution is 7.80. The van der Waals surface area contributed by atoms with Crippen LogP contribution in [0, 0.1) is 5.92 Å². The molecule has 0 aliphatic rings. The molecule has 1 rings (SSSR count). The van der Waals surface area contributed by atoms with Crippen molar-refractivity contribution in [1.82, 2.24) is 16.0 Å². The Hall–Kier alpha value is -2.59. The largest absolute Gasteiger partial charge is 0.480 e. The van der Waals surface area contributed by atoms with E-state index in [4.69, 9.17) is 10.8 Å². The summed E-state index contributed by atoms with van der Waals surface area (Å²) < 4.78 is 0. The van der Waals surface area contributed by atoms with Gasteiger partial charge in [0.25, 0.3) is 0 Å². The Morgan fingerprint density at radius 3 is 2.20 bits per heavy atom. The maximum Gasteiger partial charge on any atom is 0.327 e. The number of carbonyl (C=O) groups is 4. The molecule has 0 aliphatic carbocycles. The number of amides is 3. The van der Waals surface area contributed by atoms with Crippen molar-refractivity contribution in [2.75, 3.05) is 12.3 Å². The first-order chi connectivity index (χ1) is 14.1. The number of nitrogens with two attached hydrogens (primary N) is 1. The number of hydrogen-bond donors (Lipinski definition) is 6. The number of aliphatic carboxylic acids is 1. The van der Waals surface area contributed by atoms with Crippen LogP contribution in [-0.4, -0.2) is 59.2 Å². The second kappa shape index (κ2) is 12.9. The Balaban J connectivity index is 2.77. The number of benzene rings is 1. The minimum Gasteiger partial charge on any atom is -0.480 e. The van der Waals surface area contributed by atoms with E-state index in [1.165, 1.54) is 0 Å². The summed E-state index contributed by atoms with van der Waals surface area (Å²) in [5.41, 5.74) is 6.73. The van der Waals surface area contributed by atoms with Crippen molar-refractivity contribution < 1.29 is 24.3 Å². The van der Waals surface area contributed by atoms with Gasteiger partial charge < -0.3 is 26.8 Å². The molecular weight excluding hydrogens is 408 g/mol. The second-order valence-electron chi connectivity index (χ2n) is 7.35. The maximum absolute atomic E-state index is 12.6. The number of carboxylic acid groups (broad SMARTS) is 1. The van der Waals surface area contributed by atoms with Crippen LogP contribution < -0.4 is 21.7 Å². The molecule has 1 aromatic carbocycles. The van der Waals surface area contributed by atoms with E-state index in [0.717, 1.165) is 5.56 Å². The van der Waals surface area contributed by atoms with Crippen LogP contribution in [0.1, 0.15) is 25.8 Å². The summed E-state index contributed by atoms with van der Waals surface area (Å²) in [6.07, 6.45) is 0.678. The molecule has 0 heterocycles. The third-order valence-electron chi connectivity index (χ3n) is 4.22. The molecule has 166 valence electrons. The molecule has 0 bridgehead atoms. The van der Waals surface area contributed by atoms with Crippen molar-refractivity contribution in [2.24, 2.45) is 11.7 Å². The van der Waals surface area contributed by atoms with E-state index in [1.807, 2.05) is 44.2 Å². The van der Waals surface area contributed by atoms with E-state index in [1.54, 1.807) is 0 Å². The molecule has 30 heavy (non-hydrogen) atoms. The molecule has 1 aromatic rings. The van der Waals surface area contributed by atoms with Gasteiger partial charge in [-0.05, 0) is 17.9 Å². The first-order valence-electron chi connectivity index (χ1n) is 9.64. The molecule has 0 saturated heterocycles. The molecule has 0 radical (unpaired) electrons. The third kappa shape index (κ3) is 9.27. The molecule has 0 spiro atoms. The summed E-state index contributed by atoms with van der Waals surface area (Å²) >= 11 is 3.86. The van der Waals surface area contributed by atoms with Crippen LogP contribution in [0.4, 0.5) is 0 Å². The highest BCUT2D eigenvalue weighted by Gasteiger charge is 2.25. The Kier molecular flexibility index (Phi) is 10.9. The smallest absolute Gasteiger partial charge is 0.327 e. The minimum atomic E-state index is -1.22. The summed E-state index contributed by atoms with van der Waals surface area (Å²) in [6.45, 7) is 3.44. The molecular formula is C20H30N4O5S. The van der Waals surface area contributed by atoms with Crippen LogP contribution in [0.3, 0.4) is 0 Å². The van der Waals surface area contributed by atoms with Crippen molar-refractivity contribution in [2.45, 2.75) is 44.8 Å². The van der Waals surface area contributed by atoms with Gasteiger partial charge >= 0.3 is 5.97 Å². The van der Waals surface area contributed by atoms with Gasteiger partial charge in [0.2, 0.25) is 17.7 Å². The van der Waals surface area contributed by atoms with Gasteiger partial charge in [0, 0.05) is 12.2 Å². The normalized spacial score (nSPS) is 13.8. The van der Waals surface area contributed by atoms with Gasteiger partial charge in [0.05, 0.1) is 12.6 Å². The Morgan fingerprint density at radius 2 is 1.67 bits per heavy atom. The lowest BCUT2D eigenvalue weighted by atomic mass is 10.0. The van der Waals surface area contributed by atoms with Gasteiger partial charge in [-0.3, -0.25) is 14.4 Å². The van der Waals surface area contributed by atoms with E-state index < -0.39 is 48.4 Å². The zero-order valence-electron chi connectivity index (χ0n) is 17.1. The van der Waals surface area contributed by atoms with Gasteiger partial charge in [0.1, 0.15) is 12.1 Å². The molecule has 0 aliphatic heterocycles. The number of carbonyl (C=O) groups excluding carboxylic acids is 3. The Labute approximate surface area is 181 Å². The number of nitrogens with one attached hydrogen (secondary N) is 3. The number of rotatable bonds is 12. The predicted octanol–water partition coefficient (Wildman–Crippen LogP) is -0.297. The van der Waals surface area contributed by atoms with Gasteiger partial charge in [-0.2, -0.15) is 12.6 Å². The zero-order chi connectivity index (χ0) is 22.7. The van der Waals surface area contributed by atoms with E-state index in [2.05, 4.69) is 28.6 Å². The SMILES string of the molecule is CC(C)CC(N)C(=O)NC(Cc1ccccc1)C(=O)NCC(=O)NC(CS)C(=O)O. The predicted molar refractivity (Wildman–Crippen MR) is 116 cm³/mol. The first kappa shape index (κ1) is 25.4. The molecule has 9 nitrogen and oxygen atoms in total. The number of thiol groups is 1. The lowest BCUT2D eigenvalue weighted by Gasteiger charge is -2.22. The molecule has 3 atom stereocenters. The average Bonchev–Trinajstić information content (AvgIpc) is 2.69. The van der Waals surface area contributed by atoms with Gasteiger partial charge in [0.15, 0.2) is 0 Å². The van der Waals surface area contributed by atoms with Crippen molar-refractivity contribution >= 4 is 36.3 Å². The van der Waals surface area contributed by atoms with Crippen LogP contribution >= 0.6 is 12.6 Å². The summed E-state index contributed by atoms with van der Waals surface area (Å²) in [4.78, 5) is 47.9. The maximum atomic E-state index is 12.6. The van der Waals surface area contributed by atoms with E-state index in [-0.39, 0.29) is 18.1 Å². The zero-order valence-corrected chi connectivity index (χ0v) is 18.0. The summed E-state index contributed by atoms with van der Waals surface area (Å²) in [6, 6.07) is 6.24. The van der Waals surface area contributed by atoms with Crippen LogP contribution in [0.25, 0.3) is 0 Å². The fraction of sp³-hybridized carbons (Fsp3) is 0.500. The molecule has 3 unspecified atom stereocenters. The number of carboxylic acids is 1. The Bertz CT molecular complexity index is 729. The van der Waals surface area contributed by atoms with Crippen LogP contribution in [-0.2, 0) is 25.6 Å². The third-order valence-corrected chi connectivity index (χ3v) is 4.58. The van der Waals surface area contributed by atoms with E-state index in [9.17, 15) is 19.2 Å². The molecule has 0 fully saturated rings. The Morgan fingerprint density at radius 1 is 1.03 bits per heavy atom. The molecule has 3 amide bonds. The van der Waals surface area contributed by atoms with Crippen molar-refractivity contribution in [3.05, 3.63) is 35.9 Å². The quantitative estimate of drug-likeness (QED) is 0.247. The highest BCUT2D eigenvalue weighted by atomic mass is 32.1. The average molecular weight is 439 g/mol. The van der Waals surface area contributed by atoms with Crippen molar-refractivity contribution in [3.63, 3.8) is 0 Å². The van der Waals surface area contributed by atoms with Gasteiger partial charge in [-0.15, -0.1) is 0 Å². The van der Waals surface area contributed by atoms with Crippen molar-refractivity contribution in [1.29, 1.82) is 0 Å². The van der Waals surface area contributed by atoms with E-state index in [0.29, 0.717) is 6.42 Å². The fourth-order valence-electron chi connectivity index (χ4n) is 2.67. The number of hydrogen-bond acceptors (Lipinski definition) is 6. The molecule has 0 aromatic heterocycles. The fourth-order valence-corrected chi connectivity index (χ4v) is 2.92. The van der Waals surface area contributed by atoms with Crippen LogP contribution in [0.2, 0.25) is 0 Å². The van der Waals surface area contributed by atoms with Gasteiger partial charge in [-0.1, -0.05) is 44.2 Å².